The Balaban J connectivity index is 1.92. The second-order valence-electron chi connectivity index (χ2n) is 7.37. The number of aromatic nitrogens is 3. The van der Waals surface area contributed by atoms with Crippen molar-refractivity contribution in [2.75, 3.05) is 6.61 Å². The molecule has 4 heteroatoms. The molecule has 0 unspecified atom stereocenters. The Labute approximate surface area is 181 Å². The highest BCUT2D eigenvalue weighted by atomic mass is 16.5. The molecule has 2 aromatic heterocycles. The normalized spacial score (nSPS) is 11.5. The standard InChI is InChI=1S/C27H23N3O/c1-2-31-24-18-26-25(28-19-24)20-29-30(26)27(21-12-6-3-7-13-21,22-14-8-4-9-15-22)23-16-10-5-11-17-23/h3-20H,2H2,1H3. The van der Waals surface area contributed by atoms with Gasteiger partial charge in [-0.15, -0.1) is 0 Å². The fourth-order valence-electron chi connectivity index (χ4n) is 4.31. The summed E-state index contributed by atoms with van der Waals surface area (Å²) in [4.78, 5) is 4.61. The second-order valence-corrected chi connectivity index (χ2v) is 7.37. The van der Waals surface area contributed by atoms with Gasteiger partial charge in [0.05, 0.1) is 24.5 Å². The Kier molecular flexibility index (Phi) is 4.97. The third kappa shape index (κ3) is 3.17. The Morgan fingerprint density at radius 3 is 1.74 bits per heavy atom. The highest BCUT2D eigenvalue weighted by molar-refractivity contribution is 5.77. The summed E-state index contributed by atoms with van der Waals surface area (Å²) in [6.45, 7) is 2.56. The molecule has 0 aliphatic rings. The molecular formula is C27H23N3O. The van der Waals surface area contributed by atoms with E-state index >= 15 is 0 Å². The van der Waals surface area contributed by atoms with Gasteiger partial charge >= 0.3 is 0 Å². The molecule has 0 bridgehead atoms. The zero-order valence-electron chi connectivity index (χ0n) is 17.3. The van der Waals surface area contributed by atoms with E-state index in [0.29, 0.717) is 6.61 Å². The van der Waals surface area contributed by atoms with E-state index in [9.17, 15) is 0 Å². The van der Waals surface area contributed by atoms with Crippen molar-refractivity contribution < 1.29 is 4.74 Å². The molecule has 5 aromatic rings. The van der Waals surface area contributed by atoms with Crippen LogP contribution in [0.3, 0.4) is 0 Å². The SMILES string of the molecule is CCOc1cnc2cnn(C(c3ccccc3)(c3ccccc3)c3ccccc3)c2c1. The fraction of sp³-hybridized carbons (Fsp3) is 0.111. The number of rotatable bonds is 6. The van der Waals surface area contributed by atoms with E-state index in [-0.39, 0.29) is 0 Å². The molecule has 3 aromatic carbocycles. The Morgan fingerprint density at radius 1 is 0.742 bits per heavy atom. The molecule has 31 heavy (non-hydrogen) atoms. The van der Waals surface area contributed by atoms with Gasteiger partial charge in [0.25, 0.3) is 0 Å². The Morgan fingerprint density at radius 2 is 1.26 bits per heavy atom. The van der Waals surface area contributed by atoms with E-state index < -0.39 is 5.54 Å². The highest BCUT2D eigenvalue weighted by Crippen LogP contribution is 2.42. The summed E-state index contributed by atoms with van der Waals surface area (Å²) >= 11 is 0. The average Bonchev–Trinajstić information content (AvgIpc) is 3.26. The van der Waals surface area contributed by atoms with Crippen LogP contribution in [0.2, 0.25) is 0 Å². The van der Waals surface area contributed by atoms with Crippen molar-refractivity contribution in [2.45, 2.75) is 12.5 Å². The minimum atomic E-state index is -0.669. The van der Waals surface area contributed by atoms with E-state index in [1.54, 1.807) is 6.20 Å². The van der Waals surface area contributed by atoms with E-state index in [0.717, 1.165) is 33.5 Å². The van der Waals surface area contributed by atoms with Crippen molar-refractivity contribution in [3.63, 3.8) is 0 Å². The topological polar surface area (TPSA) is 39.9 Å². The van der Waals surface area contributed by atoms with Gasteiger partial charge in [0.15, 0.2) is 0 Å². The molecule has 0 saturated heterocycles. The summed E-state index contributed by atoms with van der Waals surface area (Å²) in [5.74, 6) is 0.736. The molecule has 152 valence electrons. The molecule has 0 aliphatic carbocycles. The number of hydrogen-bond acceptors (Lipinski definition) is 3. The van der Waals surface area contributed by atoms with Crippen molar-refractivity contribution in [3.8, 4) is 5.75 Å². The van der Waals surface area contributed by atoms with Crippen LogP contribution in [0.5, 0.6) is 5.75 Å². The smallest absolute Gasteiger partial charge is 0.139 e. The van der Waals surface area contributed by atoms with E-state index in [1.165, 1.54) is 0 Å². The van der Waals surface area contributed by atoms with Gasteiger partial charge in [0.1, 0.15) is 16.8 Å². The van der Waals surface area contributed by atoms with Gasteiger partial charge in [-0.05, 0) is 23.6 Å². The van der Waals surface area contributed by atoms with Crippen LogP contribution < -0.4 is 4.74 Å². The molecule has 4 nitrogen and oxygen atoms in total. The first-order valence-electron chi connectivity index (χ1n) is 10.5. The van der Waals surface area contributed by atoms with Crippen molar-refractivity contribution in [3.05, 3.63) is 126 Å². The maximum Gasteiger partial charge on any atom is 0.139 e. The quantitative estimate of drug-likeness (QED) is 0.342. The summed E-state index contributed by atoms with van der Waals surface area (Å²) < 4.78 is 7.85. The lowest BCUT2D eigenvalue weighted by molar-refractivity contribution is 0.339. The second kappa shape index (κ2) is 8.07. The predicted molar refractivity (Wildman–Crippen MR) is 123 cm³/mol. The predicted octanol–water partition coefficient (Wildman–Crippen LogP) is 5.67. The lowest BCUT2D eigenvalue weighted by Crippen LogP contribution is -2.38. The average molecular weight is 406 g/mol. The first-order valence-corrected chi connectivity index (χ1v) is 10.5. The van der Waals surface area contributed by atoms with Gasteiger partial charge in [-0.25, -0.2) is 9.67 Å². The monoisotopic (exact) mass is 405 g/mol. The number of ether oxygens (including phenoxy) is 1. The summed E-state index contributed by atoms with van der Waals surface area (Å²) in [6.07, 6.45) is 3.59. The number of pyridine rings is 1. The van der Waals surface area contributed by atoms with Crippen LogP contribution in [0, 0.1) is 0 Å². The molecular weight excluding hydrogens is 382 g/mol. The molecule has 2 heterocycles. The molecule has 5 rings (SSSR count). The Hall–Kier alpha value is -3.92. The van der Waals surface area contributed by atoms with Crippen LogP contribution in [0.1, 0.15) is 23.6 Å². The van der Waals surface area contributed by atoms with E-state index in [1.807, 2.05) is 37.4 Å². The van der Waals surface area contributed by atoms with Gasteiger partial charge in [0, 0.05) is 6.07 Å². The molecule has 0 radical (unpaired) electrons. The van der Waals surface area contributed by atoms with E-state index in [2.05, 4.69) is 82.5 Å². The van der Waals surface area contributed by atoms with Gasteiger partial charge in [-0.3, -0.25) is 0 Å². The van der Waals surface area contributed by atoms with Gasteiger partial charge in [-0.2, -0.15) is 5.10 Å². The molecule has 0 fully saturated rings. The van der Waals surface area contributed by atoms with Crippen LogP contribution in [-0.4, -0.2) is 21.4 Å². The van der Waals surface area contributed by atoms with Crippen molar-refractivity contribution in [1.82, 2.24) is 14.8 Å². The van der Waals surface area contributed by atoms with Crippen LogP contribution in [0.15, 0.2) is 109 Å². The molecule has 0 amide bonds. The zero-order valence-corrected chi connectivity index (χ0v) is 17.3. The van der Waals surface area contributed by atoms with Crippen LogP contribution in [-0.2, 0) is 5.54 Å². The van der Waals surface area contributed by atoms with Gasteiger partial charge < -0.3 is 4.74 Å². The lowest BCUT2D eigenvalue weighted by atomic mass is 9.77. The van der Waals surface area contributed by atoms with Crippen LogP contribution >= 0.6 is 0 Å². The maximum absolute atomic E-state index is 5.76. The van der Waals surface area contributed by atoms with Crippen LogP contribution in [0.25, 0.3) is 11.0 Å². The molecule has 0 spiro atoms. The van der Waals surface area contributed by atoms with E-state index in [4.69, 9.17) is 9.84 Å². The molecule has 0 atom stereocenters. The number of benzene rings is 3. The molecule has 0 N–H and O–H groups in total. The minimum Gasteiger partial charge on any atom is -0.492 e. The summed E-state index contributed by atoms with van der Waals surface area (Å²) in [6, 6.07) is 33.6. The highest BCUT2D eigenvalue weighted by Gasteiger charge is 2.40. The summed E-state index contributed by atoms with van der Waals surface area (Å²) in [5.41, 5.74) is 4.45. The largest absolute Gasteiger partial charge is 0.492 e. The third-order valence-corrected chi connectivity index (χ3v) is 5.60. The number of hydrogen-bond donors (Lipinski definition) is 0. The zero-order chi connectivity index (χ0) is 21.1. The summed E-state index contributed by atoms with van der Waals surface area (Å²) in [5, 5.41) is 4.90. The molecule has 0 aliphatic heterocycles. The number of fused-ring (bicyclic) bond motifs is 1. The van der Waals surface area contributed by atoms with Crippen LogP contribution in [0.4, 0.5) is 0 Å². The van der Waals surface area contributed by atoms with Gasteiger partial charge in [-0.1, -0.05) is 91.0 Å². The summed E-state index contributed by atoms with van der Waals surface area (Å²) in [7, 11) is 0. The minimum absolute atomic E-state index is 0.586. The van der Waals surface area contributed by atoms with Crippen molar-refractivity contribution in [2.24, 2.45) is 0 Å². The first kappa shape index (κ1) is 19.1. The first-order chi connectivity index (χ1) is 15.3. The van der Waals surface area contributed by atoms with Gasteiger partial charge in [0.2, 0.25) is 0 Å². The van der Waals surface area contributed by atoms with Crippen molar-refractivity contribution in [1.29, 1.82) is 0 Å². The molecule has 0 saturated carbocycles. The third-order valence-electron chi connectivity index (χ3n) is 5.60. The Bertz CT molecular complexity index is 1180. The maximum atomic E-state index is 5.76. The van der Waals surface area contributed by atoms with Crippen molar-refractivity contribution >= 4 is 11.0 Å². The number of nitrogens with zero attached hydrogens (tertiary/aromatic N) is 3. The lowest BCUT2D eigenvalue weighted by Gasteiger charge is -2.36. The fourth-order valence-corrected chi connectivity index (χ4v) is 4.31.